The van der Waals surface area contributed by atoms with Crippen molar-refractivity contribution in [3.05, 3.63) is 12.7 Å². The van der Waals surface area contributed by atoms with Crippen LogP contribution in [0.5, 0.6) is 0 Å². The molecule has 0 rings (SSSR count). The fourth-order valence-electron chi connectivity index (χ4n) is 1.61. The number of amides is 1. The van der Waals surface area contributed by atoms with Gasteiger partial charge in [-0.15, -0.1) is 30.6 Å². The van der Waals surface area contributed by atoms with Crippen LogP contribution in [0, 0.1) is 0 Å². The highest BCUT2D eigenvalue weighted by Gasteiger charge is 2.17. The molecule has 0 aromatic carbocycles. The summed E-state index contributed by atoms with van der Waals surface area (Å²) < 4.78 is 5.21. The first-order valence-electron chi connectivity index (χ1n) is 7.42. The number of carbonyl (C=O) groups is 1. The maximum absolute atomic E-state index is 11.7. The van der Waals surface area contributed by atoms with Crippen LogP contribution in [0.2, 0.25) is 0 Å². The standard InChI is InChI=1S/C15H30N4O2.HI/c1-6-8-9-12(19-13(16)17-10-7-2)11-18-14(20)21-15(3,4)5;/h7,12H,2,6,8-11H2,1,3-5H3,(H,18,20)(H3,16,17,19);1H. The van der Waals surface area contributed by atoms with Crippen LogP contribution in [0.25, 0.3) is 0 Å². The van der Waals surface area contributed by atoms with Crippen molar-refractivity contribution in [2.45, 2.75) is 58.6 Å². The van der Waals surface area contributed by atoms with Gasteiger partial charge in [0.15, 0.2) is 5.96 Å². The third kappa shape index (κ3) is 14.0. The number of alkyl carbamates (subject to hydrolysis) is 1. The first-order valence-corrected chi connectivity index (χ1v) is 7.42. The number of halogens is 1. The molecule has 130 valence electrons. The maximum atomic E-state index is 11.7. The first kappa shape index (κ1) is 23.3. The van der Waals surface area contributed by atoms with Crippen molar-refractivity contribution >= 4 is 36.0 Å². The Balaban J connectivity index is 0. The van der Waals surface area contributed by atoms with Crippen molar-refractivity contribution in [1.29, 1.82) is 0 Å². The summed E-state index contributed by atoms with van der Waals surface area (Å²) in [6, 6.07) is 0.0334. The lowest BCUT2D eigenvalue weighted by Crippen LogP contribution is -2.47. The molecule has 0 heterocycles. The van der Waals surface area contributed by atoms with Gasteiger partial charge in [0.1, 0.15) is 5.60 Å². The number of nitrogens with zero attached hydrogens (tertiary/aromatic N) is 1. The number of ether oxygens (including phenoxy) is 1. The Morgan fingerprint density at radius 1 is 1.45 bits per heavy atom. The normalized spacial score (nSPS) is 12.8. The van der Waals surface area contributed by atoms with Crippen LogP contribution < -0.4 is 16.4 Å². The van der Waals surface area contributed by atoms with Crippen LogP contribution in [0.3, 0.4) is 0 Å². The second-order valence-corrected chi connectivity index (χ2v) is 5.88. The highest BCUT2D eigenvalue weighted by atomic mass is 127. The van der Waals surface area contributed by atoms with E-state index < -0.39 is 11.7 Å². The van der Waals surface area contributed by atoms with E-state index in [1.165, 1.54) is 0 Å². The van der Waals surface area contributed by atoms with Crippen LogP contribution in [0.15, 0.2) is 17.6 Å². The number of aliphatic imine (C=N–C) groups is 1. The molecule has 0 saturated carbocycles. The molecule has 0 saturated heterocycles. The van der Waals surface area contributed by atoms with E-state index in [1.807, 2.05) is 20.8 Å². The van der Waals surface area contributed by atoms with Gasteiger partial charge in [0.25, 0.3) is 0 Å². The zero-order valence-corrected chi connectivity index (χ0v) is 16.5. The van der Waals surface area contributed by atoms with Crippen LogP contribution >= 0.6 is 24.0 Å². The van der Waals surface area contributed by atoms with E-state index in [0.717, 1.165) is 19.3 Å². The van der Waals surface area contributed by atoms with Crippen molar-refractivity contribution in [1.82, 2.24) is 10.6 Å². The Hall–Kier alpha value is -0.990. The lowest BCUT2D eigenvalue weighted by Gasteiger charge is -2.23. The van der Waals surface area contributed by atoms with E-state index in [9.17, 15) is 4.79 Å². The maximum Gasteiger partial charge on any atom is 0.407 e. The van der Waals surface area contributed by atoms with E-state index in [-0.39, 0.29) is 30.0 Å². The zero-order chi connectivity index (χ0) is 16.3. The van der Waals surface area contributed by atoms with Crippen LogP contribution in [-0.2, 0) is 4.74 Å². The molecule has 4 N–H and O–H groups in total. The smallest absolute Gasteiger partial charge is 0.407 e. The molecule has 0 aliphatic rings. The van der Waals surface area contributed by atoms with Crippen molar-refractivity contribution in [3.63, 3.8) is 0 Å². The number of carbonyl (C=O) groups excluding carboxylic acids is 1. The summed E-state index contributed by atoms with van der Waals surface area (Å²) in [5.74, 6) is 0.363. The Morgan fingerprint density at radius 3 is 2.59 bits per heavy atom. The number of hydrogen-bond donors (Lipinski definition) is 3. The Morgan fingerprint density at radius 2 is 2.09 bits per heavy atom. The molecule has 1 unspecified atom stereocenters. The lowest BCUT2D eigenvalue weighted by molar-refractivity contribution is 0.0523. The molecule has 0 aliphatic carbocycles. The molecular weight excluding hydrogens is 395 g/mol. The zero-order valence-electron chi connectivity index (χ0n) is 14.1. The largest absolute Gasteiger partial charge is 0.444 e. The van der Waals surface area contributed by atoms with E-state index in [4.69, 9.17) is 10.5 Å². The molecule has 6 nitrogen and oxygen atoms in total. The van der Waals surface area contributed by atoms with E-state index >= 15 is 0 Å². The van der Waals surface area contributed by atoms with Crippen LogP contribution in [-0.4, -0.2) is 36.8 Å². The van der Waals surface area contributed by atoms with Crippen molar-refractivity contribution in [2.24, 2.45) is 10.7 Å². The van der Waals surface area contributed by atoms with Gasteiger partial charge in [0, 0.05) is 12.6 Å². The third-order valence-electron chi connectivity index (χ3n) is 2.54. The fourth-order valence-corrected chi connectivity index (χ4v) is 1.61. The van der Waals surface area contributed by atoms with Gasteiger partial charge in [0.05, 0.1) is 6.54 Å². The Kier molecular flexibility index (Phi) is 13.3. The quantitative estimate of drug-likeness (QED) is 0.241. The minimum atomic E-state index is -0.499. The number of nitrogens with two attached hydrogens (primary N) is 1. The predicted molar refractivity (Wildman–Crippen MR) is 103 cm³/mol. The average molecular weight is 426 g/mol. The highest BCUT2D eigenvalue weighted by Crippen LogP contribution is 2.06. The number of rotatable bonds is 8. The van der Waals surface area contributed by atoms with Gasteiger partial charge < -0.3 is 21.1 Å². The highest BCUT2D eigenvalue weighted by molar-refractivity contribution is 14.0. The number of hydrogen-bond acceptors (Lipinski definition) is 3. The summed E-state index contributed by atoms with van der Waals surface area (Å²) in [7, 11) is 0. The second-order valence-electron chi connectivity index (χ2n) is 5.88. The van der Waals surface area contributed by atoms with Gasteiger partial charge in [-0.1, -0.05) is 25.8 Å². The predicted octanol–water partition coefficient (Wildman–Crippen LogP) is 2.78. The van der Waals surface area contributed by atoms with Crippen LogP contribution in [0.4, 0.5) is 4.79 Å². The summed E-state index contributed by atoms with van der Waals surface area (Å²) in [5.41, 5.74) is 5.29. The molecule has 0 fully saturated rings. The van der Waals surface area contributed by atoms with Gasteiger partial charge >= 0.3 is 6.09 Å². The SMILES string of the molecule is C=CCN=C(N)NC(CCCC)CNC(=O)OC(C)(C)C.I. The summed E-state index contributed by atoms with van der Waals surface area (Å²) in [5, 5.41) is 5.87. The van der Waals surface area contributed by atoms with Crippen molar-refractivity contribution in [2.75, 3.05) is 13.1 Å². The van der Waals surface area contributed by atoms with Gasteiger partial charge in [-0.05, 0) is 27.2 Å². The summed E-state index contributed by atoms with van der Waals surface area (Å²) in [6.45, 7) is 12.1. The fraction of sp³-hybridized carbons (Fsp3) is 0.733. The molecule has 0 aliphatic heterocycles. The molecule has 7 heteroatoms. The molecular formula is C15H31IN4O2. The topological polar surface area (TPSA) is 88.7 Å². The minimum absolute atomic E-state index is 0. The summed E-state index contributed by atoms with van der Waals surface area (Å²) in [6.07, 6.45) is 4.27. The average Bonchev–Trinajstić information content (AvgIpc) is 2.37. The molecule has 0 aromatic heterocycles. The van der Waals surface area contributed by atoms with Gasteiger partial charge in [-0.25, -0.2) is 9.79 Å². The van der Waals surface area contributed by atoms with E-state index in [0.29, 0.717) is 19.0 Å². The minimum Gasteiger partial charge on any atom is -0.444 e. The third-order valence-corrected chi connectivity index (χ3v) is 2.54. The molecule has 1 atom stereocenters. The lowest BCUT2D eigenvalue weighted by atomic mass is 10.1. The molecule has 0 aromatic rings. The Labute approximate surface area is 151 Å². The number of nitrogens with one attached hydrogen (secondary N) is 2. The molecule has 0 spiro atoms. The van der Waals surface area contributed by atoms with Crippen molar-refractivity contribution in [3.8, 4) is 0 Å². The Bertz CT molecular complexity index is 354. The summed E-state index contributed by atoms with van der Waals surface area (Å²) in [4.78, 5) is 15.8. The van der Waals surface area contributed by atoms with E-state index in [1.54, 1.807) is 6.08 Å². The summed E-state index contributed by atoms with van der Waals surface area (Å²) >= 11 is 0. The number of unbranched alkanes of at least 4 members (excludes halogenated alkanes) is 1. The monoisotopic (exact) mass is 426 g/mol. The molecule has 0 bridgehead atoms. The molecule has 22 heavy (non-hydrogen) atoms. The molecule has 0 radical (unpaired) electrons. The van der Waals surface area contributed by atoms with Gasteiger partial charge in [-0.3, -0.25) is 0 Å². The van der Waals surface area contributed by atoms with Gasteiger partial charge in [-0.2, -0.15) is 0 Å². The first-order chi connectivity index (χ1) is 9.78. The number of guanidine groups is 1. The second kappa shape index (κ2) is 12.5. The van der Waals surface area contributed by atoms with Crippen LogP contribution in [0.1, 0.15) is 47.0 Å². The molecule has 1 amide bonds. The van der Waals surface area contributed by atoms with Gasteiger partial charge in [0.2, 0.25) is 0 Å². The van der Waals surface area contributed by atoms with Crippen molar-refractivity contribution < 1.29 is 9.53 Å². The van der Waals surface area contributed by atoms with E-state index in [2.05, 4.69) is 29.1 Å².